The second kappa shape index (κ2) is 70.6. The van der Waals surface area contributed by atoms with E-state index >= 15 is 0 Å². The molecule has 0 saturated heterocycles. The Kier molecular flexibility index (Phi) is 68.1. The highest BCUT2D eigenvalue weighted by Crippen LogP contribution is 2.18. The fraction of sp³-hybridized carbons (Fsp3) is 0.829. The number of carbonyl (C=O) groups is 3. The Morgan fingerprint density at radius 3 is 0.695 bits per heavy atom. The highest BCUT2D eigenvalue weighted by Gasteiger charge is 2.19. The summed E-state index contributed by atoms with van der Waals surface area (Å²) in [5.41, 5.74) is 0. The van der Waals surface area contributed by atoms with Crippen LogP contribution in [0.5, 0.6) is 0 Å². The standard InChI is InChI=1S/C76H138O6/c1-4-7-10-13-16-19-22-25-28-31-33-35-36-37-38-39-40-42-43-45-48-51-54-57-60-63-66-69-75(78)81-72-73(71-80-74(77)68-65-62-59-56-53-50-47-30-27-24-21-18-15-12-9-6-3)82-76(79)70-67-64-61-58-55-52-49-46-44-41-34-32-29-26-23-20-17-14-11-8-5-2/h23,26,30-34,44,46-47,73H,4-22,24-25,27-29,35-43,45,48-72H2,1-3H3/b26-23-,33-31-,34-32-,46-44-,47-30-. The van der Waals surface area contributed by atoms with Gasteiger partial charge in [0.05, 0.1) is 0 Å². The summed E-state index contributed by atoms with van der Waals surface area (Å²) in [5.74, 6) is -0.877. The van der Waals surface area contributed by atoms with Crippen molar-refractivity contribution < 1.29 is 28.6 Å². The molecular weight excluding hydrogens is 1010 g/mol. The molecule has 0 heterocycles. The highest BCUT2D eigenvalue weighted by atomic mass is 16.6. The Balaban J connectivity index is 4.31. The largest absolute Gasteiger partial charge is 0.462 e. The maximum absolute atomic E-state index is 13.0. The van der Waals surface area contributed by atoms with Crippen LogP contribution in [0.4, 0.5) is 0 Å². The lowest BCUT2D eigenvalue weighted by Gasteiger charge is -2.18. The van der Waals surface area contributed by atoms with E-state index in [1.54, 1.807) is 0 Å². The molecule has 0 bridgehead atoms. The summed E-state index contributed by atoms with van der Waals surface area (Å²) >= 11 is 0. The van der Waals surface area contributed by atoms with Crippen LogP contribution in [0.3, 0.4) is 0 Å². The summed E-state index contributed by atoms with van der Waals surface area (Å²) in [5, 5.41) is 0. The quantitative estimate of drug-likeness (QED) is 0.0261. The van der Waals surface area contributed by atoms with Crippen molar-refractivity contribution in [3.05, 3.63) is 60.8 Å². The monoisotopic (exact) mass is 1150 g/mol. The fourth-order valence-electron chi connectivity index (χ4n) is 10.7. The average Bonchev–Trinajstić information content (AvgIpc) is 3.48. The Morgan fingerprint density at radius 1 is 0.244 bits per heavy atom. The molecule has 1 unspecified atom stereocenters. The van der Waals surface area contributed by atoms with Gasteiger partial charge in [0.25, 0.3) is 0 Å². The fourth-order valence-corrected chi connectivity index (χ4v) is 10.7. The lowest BCUT2D eigenvalue weighted by atomic mass is 10.0. The molecule has 0 aromatic rings. The molecule has 1 atom stereocenters. The number of carbonyl (C=O) groups excluding carboxylic acids is 3. The van der Waals surface area contributed by atoms with E-state index in [0.29, 0.717) is 19.3 Å². The third-order valence-corrected chi connectivity index (χ3v) is 16.2. The number of ether oxygens (including phenoxy) is 3. The third-order valence-electron chi connectivity index (χ3n) is 16.2. The maximum atomic E-state index is 13.0. The molecule has 6 nitrogen and oxygen atoms in total. The zero-order chi connectivity index (χ0) is 59.2. The van der Waals surface area contributed by atoms with Crippen LogP contribution in [0.25, 0.3) is 0 Å². The van der Waals surface area contributed by atoms with Crippen LogP contribution in [0, 0.1) is 0 Å². The third kappa shape index (κ3) is 67.9. The van der Waals surface area contributed by atoms with E-state index in [1.807, 2.05) is 0 Å². The smallest absolute Gasteiger partial charge is 0.306 e. The predicted octanol–water partition coefficient (Wildman–Crippen LogP) is 25.1. The Morgan fingerprint density at radius 2 is 0.439 bits per heavy atom. The van der Waals surface area contributed by atoms with Gasteiger partial charge in [-0.15, -0.1) is 0 Å². The molecule has 478 valence electrons. The lowest BCUT2D eigenvalue weighted by molar-refractivity contribution is -0.167. The zero-order valence-corrected chi connectivity index (χ0v) is 55.0. The van der Waals surface area contributed by atoms with Crippen molar-refractivity contribution in [2.75, 3.05) is 13.2 Å². The van der Waals surface area contributed by atoms with Gasteiger partial charge in [0.2, 0.25) is 0 Å². The van der Waals surface area contributed by atoms with Gasteiger partial charge in [0.1, 0.15) is 13.2 Å². The number of hydrogen-bond donors (Lipinski definition) is 0. The maximum Gasteiger partial charge on any atom is 0.306 e. The normalized spacial score (nSPS) is 12.4. The molecule has 0 fully saturated rings. The number of hydrogen-bond acceptors (Lipinski definition) is 6. The topological polar surface area (TPSA) is 78.9 Å². The van der Waals surface area contributed by atoms with Crippen molar-refractivity contribution >= 4 is 17.9 Å². The van der Waals surface area contributed by atoms with Crippen molar-refractivity contribution in [1.29, 1.82) is 0 Å². The van der Waals surface area contributed by atoms with Gasteiger partial charge in [-0.05, 0) is 109 Å². The van der Waals surface area contributed by atoms with Crippen molar-refractivity contribution in [1.82, 2.24) is 0 Å². The molecule has 82 heavy (non-hydrogen) atoms. The highest BCUT2D eigenvalue weighted by molar-refractivity contribution is 5.71. The number of unbranched alkanes of at least 4 members (excludes halogenated alkanes) is 46. The molecule has 0 aliphatic carbocycles. The number of rotatable bonds is 67. The minimum absolute atomic E-state index is 0.0793. The zero-order valence-electron chi connectivity index (χ0n) is 55.0. The molecule has 0 aliphatic heterocycles. The van der Waals surface area contributed by atoms with Crippen LogP contribution in [0.15, 0.2) is 60.8 Å². The molecule has 0 spiro atoms. The summed E-state index contributed by atoms with van der Waals surface area (Å²) in [6, 6.07) is 0. The first-order chi connectivity index (χ1) is 40.5. The summed E-state index contributed by atoms with van der Waals surface area (Å²) in [4.78, 5) is 38.5. The second-order valence-corrected chi connectivity index (χ2v) is 24.5. The van der Waals surface area contributed by atoms with E-state index in [4.69, 9.17) is 14.2 Å². The predicted molar refractivity (Wildman–Crippen MR) is 358 cm³/mol. The van der Waals surface area contributed by atoms with Crippen molar-refractivity contribution in [2.45, 2.75) is 393 Å². The van der Waals surface area contributed by atoms with Crippen molar-refractivity contribution in [2.24, 2.45) is 0 Å². The molecule has 0 aromatic carbocycles. The lowest BCUT2D eigenvalue weighted by Crippen LogP contribution is -2.30. The van der Waals surface area contributed by atoms with Crippen LogP contribution >= 0.6 is 0 Å². The number of esters is 3. The van der Waals surface area contributed by atoms with Gasteiger partial charge < -0.3 is 14.2 Å². The summed E-state index contributed by atoms with van der Waals surface area (Å²) in [6.07, 6.45) is 91.1. The van der Waals surface area contributed by atoms with E-state index in [1.165, 1.54) is 257 Å². The van der Waals surface area contributed by atoms with E-state index in [0.717, 1.165) is 89.9 Å². The first kappa shape index (κ1) is 79.1. The Bertz CT molecular complexity index is 1460. The van der Waals surface area contributed by atoms with E-state index in [9.17, 15) is 14.4 Å². The van der Waals surface area contributed by atoms with Gasteiger partial charge in [-0.1, -0.05) is 319 Å². The van der Waals surface area contributed by atoms with E-state index in [-0.39, 0.29) is 31.1 Å². The average molecular weight is 1150 g/mol. The van der Waals surface area contributed by atoms with Gasteiger partial charge in [0, 0.05) is 19.3 Å². The van der Waals surface area contributed by atoms with E-state index in [2.05, 4.69) is 81.5 Å². The van der Waals surface area contributed by atoms with Gasteiger partial charge in [0.15, 0.2) is 6.10 Å². The first-order valence-electron chi connectivity index (χ1n) is 36.3. The van der Waals surface area contributed by atoms with Crippen LogP contribution in [0.2, 0.25) is 0 Å². The molecule has 0 aliphatic rings. The minimum atomic E-state index is -0.786. The molecule has 0 amide bonds. The summed E-state index contributed by atoms with van der Waals surface area (Å²) in [6.45, 7) is 6.67. The molecule has 0 radical (unpaired) electrons. The van der Waals surface area contributed by atoms with Gasteiger partial charge in [-0.25, -0.2) is 0 Å². The van der Waals surface area contributed by atoms with Gasteiger partial charge in [-0.2, -0.15) is 0 Å². The van der Waals surface area contributed by atoms with Gasteiger partial charge in [-0.3, -0.25) is 14.4 Å². The molecule has 0 saturated carbocycles. The van der Waals surface area contributed by atoms with Gasteiger partial charge >= 0.3 is 17.9 Å². The molecule has 0 N–H and O–H groups in total. The van der Waals surface area contributed by atoms with E-state index < -0.39 is 6.10 Å². The van der Waals surface area contributed by atoms with Crippen LogP contribution in [-0.2, 0) is 28.6 Å². The number of allylic oxidation sites excluding steroid dienone is 10. The second-order valence-electron chi connectivity index (χ2n) is 24.5. The molecular formula is C76H138O6. The molecule has 0 rings (SSSR count). The molecule has 0 aromatic heterocycles. The van der Waals surface area contributed by atoms with Crippen molar-refractivity contribution in [3.63, 3.8) is 0 Å². The first-order valence-corrected chi connectivity index (χ1v) is 36.3. The Hall–Kier alpha value is -2.89. The molecule has 6 heteroatoms. The summed E-state index contributed by atoms with van der Waals surface area (Å²) < 4.78 is 17.0. The van der Waals surface area contributed by atoms with Crippen molar-refractivity contribution in [3.8, 4) is 0 Å². The minimum Gasteiger partial charge on any atom is -0.462 e. The van der Waals surface area contributed by atoms with Crippen LogP contribution in [-0.4, -0.2) is 37.2 Å². The Labute approximate surface area is 510 Å². The van der Waals surface area contributed by atoms with Crippen LogP contribution in [0.1, 0.15) is 387 Å². The SMILES string of the molecule is CCCCCCC/C=C\C/C=C\C/C=C\CCCCCCCCC(=O)OC(COC(=O)CCCCCCC/C=C\CCCCCCCCC)COC(=O)CCCCCCCCCCCCCCCCC/C=C\CCCCCCCCCC. The van der Waals surface area contributed by atoms with Crippen LogP contribution < -0.4 is 0 Å². The summed E-state index contributed by atoms with van der Waals surface area (Å²) in [7, 11) is 0.